The molecule has 0 saturated heterocycles. The Morgan fingerprint density at radius 2 is 1.67 bits per heavy atom. The Bertz CT molecular complexity index is 733. The van der Waals surface area contributed by atoms with Gasteiger partial charge in [-0.1, -0.05) is 18.2 Å². The topological polar surface area (TPSA) is 35.5 Å². The number of benzene rings is 2. The molecular weight excluding hydrogens is 317 g/mol. The number of aliphatic hydroxyl groups is 1. The summed E-state index contributed by atoms with van der Waals surface area (Å²) in [6.07, 6.45) is -4.33. The van der Waals surface area contributed by atoms with Gasteiger partial charge >= 0.3 is 6.18 Å². The van der Waals surface area contributed by atoms with Gasteiger partial charge in [0.05, 0.1) is 29.2 Å². The number of fused-ring (bicyclic) bond motifs is 1. The zero-order chi connectivity index (χ0) is 17.5. The number of hydrogen-bond acceptors (Lipinski definition) is 3. The van der Waals surface area contributed by atoms with Crippen molar-refractivity contribution in [3.8, 4) is 11.1 Å². The number of halogens is 3. The highest BCUT2D eigenvalue weighted by Gasteiger charge is 2.30. The van der Waals surface area contributed by atoms with E-state index in [9.17, 15) is 18.3 Å². The SMILES string of the molecule is CC(C)(O)CN1CNc2ccc(-c3ccc(C(F)(F)F)cc3)cc21. The number of nitrogens with one attached hydrogen (secondary N) is 1. The van der Waals surface area contributed by atoms with Crippen molar-refractivity contribution in [2.24, 2.45) is 0 Å². The molecule has 1 aliphatic heterocycles. The lowest BCUT2D eigenvalue weighted by atomic mass is 10.0. The fraction of sp³-hybridized carbons (Fsp3) is 0.333. The number of anilines is 2. The summed E-state index contributed by atoms with van der Waals surface area (Å²) >= 11 is 0. The molecule has 3 rings (SSSR count). The average molecular weight is 336 g/mol. The standard InChI is InChI=1S/C18H19F3N2O/c1-17(2,24)10-23-11-22-15-8-5-13(9-16(15)23)12-3-6-14(7-4-12)18(19,20)21/h3-9,22,24H,10-11H2,1-2H3. The zero-order valence-corrected chi connectivity index (χ0v) is 13.5. The highest BCUT2D eigenvalue weighted by atomic mass is 19.4. The van der Waals surface area contributed by atoms with E-state index in [1.54, 1.807) is 13.8 Å². The average Bonchev–Trinajstić information content (AvgIpc) is 2.87. The van der Waals surface area contributed by atoms with Crippen molar-refractivity contribution in [3.05, 3.63) is 48.0 Å². The summed E-state index contributed by atoms with van der Waals surface area (Å²) in [5.74, 6) is 0. The number of nitrogens with zero attached hydrogens (tertiary/aromatic N) is 1. The smallest absolute Gasteiger partial charge is 0.389 e. The quantitative estimate of drug-likeness (QED) is 0.876. The Hall–Kier alpha value is -2.21. The van der Waals surface area contributed by atoms with Crippen LogP contribution >= 0.6 is 0 Å². The molecule has 128 valence electrons. The largest absolute Gasteiger partial charge is 0.416 e. The molecule has 2 aromatic rings. The summed E-state index contributed by atoms with van der Waals surface area (Å²) in [4.78, 5) is 2.02. The Balaban J connectivity index is 1.90. The molecule has 0 amide bonds. The third kappa shape index (κ3) is 3.48. The molecule has 0 fully saturated rings. The Kier molecular flexibility index (Phi) is 3.95. The minimum Gasteiger partial charge on any atom is -0.389 e. The van der Waals surface area contributed by atoms with Crippen LogP contribution in [0.2, 0.25) is 0 Å². The fourth-order valence-corrected chi connectivity index (χ4v) is 2.85. The molecule has 0 saturated carbocycles. The minimum absolute atomic E-state index is 0.462. The molecular formula is C18H19F3N2O. The molecule has 0 atom stereocenters. The fourth-order valence-electron chi connectivity index (χ4n) is 2.85. The van der Waals surface area contributed by atoms with E-state index in [4.69, 9.17) is 0 Å². The third-order valence-electron chi connectivity index (χ3n) is 3.92. The summed E-state index contributed by atoms with van der Waals surface area (Å²) in [5, 5.41) is 13.3. The molecule has 0 aromatic heterocycles. The summed E-state index contributed by atoms with van der Waals surface area (Å²) in [6.45, 7) is 4.54. The van der Waals surface area contributed by atoms with Crippen LogP contribution in [0.5, 0.6) is 0 Å². The lowest BCUT2D eigenvalue weighted by molar-refractivity contribution is -0.137. The molecule has 0 aliphatic carbocycles. The van der Waals surface area contributed by atoms with Gasteiger partial charge in [0.2, 0.25) is 0 Å². The summed E-state index contributed by atoms with van der Waals surface area (Å²) in [5.41, 5.74) is 1.96. The third-order valence-corrected chi connectivity index (χ3v) is 3.92. The van der Waals surface area contributed by atoms with Gasteiger partial charge in [0.1, 0.15) is 0 Å². The molecule has 0 bridgehead atoms. The lowest BCUT2D eigenvalue weighted by Gasteiger charge is -2.26. The van der Waals surface area contributed by atoms with Gasteiger partial charge in [0, 0.05) is 6.54 Å². The van der Waals surface area contributed by atoms with Gasteiger partial charge in [0.25, 0.3) is 0 Å². The number of rotatable bonds is 3. The maximum absolute atomic E-state index is 12.7. The minimum atomic E-state index is -4.33. The van der Waals surface area contributed by atoms with Crippen LogP contribution in [0.4, 0.5) is 24.5 Å². The molecule has 0 spiro atoms. The second kappa shape index (κ2) is 5.70. The molecule has 1 heterocycles. The Labute approximate surface area is 138 Å². The molecule has 0 radical (unpaired) electrons. The Morgan fingerprint density at radius 3 is 2.25 bits per heavy atom. The van der Waals surface area contributed by atoms with Gasteiger partial charge in [-0.05, 0) is 49.2 Å². The molecule has 24 heavy (non-hydrogen) atoms. The van der Waals surface area contributed by atoms with Crippen molar-refractivity contribution in [3.63, 3.8) is 0 Å². The zero-order valence-electron chi connectivity index (χ0n) is 13.5. The van der Waals surface area contributed by atoms with E-state index in [1.165, 1.54) is 12.1 Å². The first-order chi connectivity index (χ1) is 11.1. The van der Waals surface area contributed by atoms with Crippen molar-refractivity contribution in [2.75, 3.05) is 23.4 Å². The summed E-state index contributed by atoms with van der Waals surface area (Å²) in [7, 11) is 0. The van der Waals surface area contributed by atoms with Crippen LogP contribution in [0.3, 0.4) is 0 Å². The monoisotopic (exact) mass is 336 g/mol. The Morgan fingerprint density at radius 1 is 1.04 bits per heavy atom. The van der Waals surface area contributed by atoms with Gasteiger partial charge in [-0.15, -0.1) is 0 Å². The highest BCUT2D eigenvalue weighted by Crippen LogP contribution is 2.37. The first-order valence-corrected chi connectivity index (χ1v) is 7.66. The van der Waals surface area contributed by atoms with E-state index in [0.29, 0.717) is 13.2 Å². The molecule has 1 aliphatic rings. The van der Waals surface area contributed by atoms with E-state index in [0.717, 1.165) is 34.6 Å². The van der Waals surface area contributed by atoms with Crippen LogP contribution in [0, 0.1) is 0 Å². The normalized spacial score (nSPS) is 14.5. The predicted octanol–water partition coefficient (Wildman–Crippen LogP) is 4.33. The highest BCUT2D eigenvalue weighted by molar-refractivity contribution is 5.81. The second-order valence-electron chi connectivity index (χ2n) is 6.65. The van der Waals surface area contributed by atoms with E-state index in [1.807, 2.05) is 23.1 Å². The molecule has 0 unspecified atom stereocenters. The molecule has 3 nitrogen and oxygen atoms in total. The van der Waals surface area contributed by atoms with Crippen molar-refractivity contribution < 1.29 is 18.3 Å². The summed E-state index contributed by atoms with van der Waals surface area (Å²) < 4.78 is 38.0. The summed E-state index contributed by atoms with van der Waals surface area (Å²) in [6, 6.07) is 10.9. The maximum Gasteiger partial charge on any atom is 0.416 e. The first kappa shape index (κ1) is 16.6. The van der Waals surface area contributed by atoms with Crippen LogP contribution in [-0.2, 0) is 6.18 Å². The van der Waals surface area contributed by atoms with Crippen LogP contribution in [0.25, 0.3) is 11.1 Å². The number of hydrogen-bond donors (Lipinski definition) is 2. The van der Waals surface area contributed by atoms with E-state index in [2.05, 4.69) is 5.32 Å². The van der Waals surface area contributed by atoms with Gasteiger partial charge in [-0.25, -0.2) is 0 Å². The molecule has 6 heteroatoms. The van der Waals surface area contributed by atoms with E-state index < -0.39 is 17.3 Å². The first-order valence-electron chi connectivity index (χ1n) is 7.66. The van der Waals surface area contributed by atoms with Crippen LogP contribution in [0.15, 0.2) is 42.5 Å². The van der Waals surface area contributed by atoms with Gasteiger partial charge in [0.15, 0.2) is 0 Å². The van der Waals surface area contributed by atoms with Gasteiger partial charge < -0.3 is 15.3 Å². The lowest BCUT2D eigenvalue weighted by Crippen LogP contribution is -2.38. The second-order valence-corrected chi connectivity index (χ2v) is 6.65. The van der Waals surface area contributed by atoms with Gasteiger partial charge in [-0.2, -0.15) is 13.2 Å². The van der Waals surface area contributed by atoms with Crippen molar-refractivity contribution >= 4 is 11.4 Å². The van der Waals surface area contributed by atoms with Crippen molar-refractivity contribution in [1.29, 1.82) is 0 Å². The molecule has 2 aromatic carbocycles. The maximum atomic E-state index is 12.7. The van der Waals surface area contributed by atoms with Crippen molar-refractivity contribution in [1.82, 2.24) is 0 Å². The molecule has 2 N–H and O–H groups in total. The van der Waals surface area contributed by atoms with Gasteiger partial charge in [-0.3, -0.25) is 0 Å². The van der Waals surface area contributed by atoms with Crippen LogP contribution in [0.1, 0.15) is 19.4 Å². The predicted molar refractivity (Wildman–Crippen MR) is 89.0 cm³/mol. The number of alkyl halides is 3. The van der Waals surface area contributed by atoms with E-state index in [-0.39, 0.29) is 0 Å². The van der Waals surface area contributed by atoms with Crippen LogP contribution < -0.4 is 10.2 Å². The number of β-amino-alcohol motifs (C(OH)–C–C–N with tert-alkyl or cyclic N) is 1. The van der Waals surface area contributed by atoms with E-state index >= 15 is 0 Å². The van der Waals surface area contributed by atoms with Crippen LogP contribution in [-0.4, -0.2) is 23.9 Å². The van der Waals surface area contributed by atoms with Crippen molar-refractivity contribution in [2.45, 2.75) is 25.6 Å².